The number of hydrogen-bond acceptors (Lipinski definition) is 4. The van der Waals surface area contributed by atoms with Crippen LogP contribution in [-0.2, 0) is 26.2 Å². The molecule has 1 fully saturated rings. The molecule has 0 spiro atoms. The summed E-state index contributed by atoms with van der Waals surface area (Å²) in [6.45, 7) is 1.43. The number of hydrogen-bond donors (Lipinski definition) is 1. The third-order valence-electron chi connectivity index (χ3n) is 6.42. The van der Waals surface area contributed by atoms with Gasteiger partial charge in [0.2, 0.25) is 21.8 Å². The van der Waals surface area contributed by atoms with Crippen molar-refractivity contribution in [3.05, 3.63) is 63.1 Å². The van der Waals surface area contributed by atoms with Crippen LogP contribution in [0, 0.1) is 0 Å². The summed E-state index contributed by atoms with van der Waals surface area (Å²) in [5, 5.41) is 4.13. The van der Waals surface area contributed by atoms with Crippen molar-refractivity contribution in [2.45, 2.75) is 64.1 Å². The summed E-state index contributed by atoms with van der Waals surface area (Å²) in [4.78, 5) is 28.6. The Morgan fingerprint density at radius 2 is 1.57 bits per heavy atom. The van der Waals surface area contributed by atoms with Crippen molar-refractivity contribution in [3.63, 3.8) is 0 Å². The van der Waals surface area contributed by atoms with Gasteiger partial charge in [0.15, 0.2) is 0 Å². The first-order valence-electron chi connectivity index (χ1n) is 12.3. The molecule has 11 heteroatoms. The minimum Gasteiger partial charge on any atom is -0.352 e. The number of rotatable bonds is 10. The first kappa shape index (κ1) is 29.6. The van der Waals surface area contributed by atoms with Crippen LogP contribution in [0.15, 0.2) is 42.5 Å². The molecule has 0 bridgehead atoms. The molecule has 2 amide bonds. The molecule has 0 saturated heterocycles. The Labute approximate surface area is 234 Å². The van der Waals surface area contributed by atoms with Crippen LogP contribution in [0.4, 0.5) is 5.69 Å². The van der Waals surface area contributed by atoms with Crippen LogP contribution in [0.5, 0.6) is 0 Å². The van der Waals surface area contributed by atoms with E-state index in [1.54, 1.807) is 24.3 Å². The van der Waals surface area contributed by atoms with E-state index < -0.39 is 28.5 Å². The number of carbonyl (C=O) groups is 2. The molecule has 1 aliphatic carbocycles. The molecule has 1 N–H and O–H groups in total. The standard InChI is InChI=1S/C26H32Cl3N3O4S/c1-3-24(26(34)30-22-7-5-4-6-8-22)31(16-18-9-11-19(27)12-10-18)25(33)17-32(37(2,35)36)23-14-20(28)13-21(29)15-23/h9-15,22,24H,3-8,16-17H2,1-2H3,(H,30,34). The molecule has 2 aromatic rings. The number of amides is 2. The lowest BCUT2D eigenvalue weighted by atomic mass is 9.95. The van der Waals surface area contributed by atoms with Gasteiger partial charge in [-0.15, -0.1) is 0 Å². The van der Waals surface area contributed by atoms with E-state index in [-0.39, 0.29) is 34.2 Å². The Morgan fingerprint density at radius 3 is 2.11 bits per heavy atom. The Bertz CT molecular complexity index is 1180. The summed E-state index contributed by atoms with van der Waals surface area (Å²) in [6, 6.07) is 10.6. The van der Waals surface area contributed by atoms with Crippen molar-refractivity contribution in [1.82, 2.24) is 10.2 Å². The molecule has 2 aromatic carbocycles. The Kier molecular flexibility index (Phi) is 10.5. The van der Waals surface area contributed by atoms with Gasteiger partial charge in [0.1, 0.15) is 12.6 Å². The lowest BCUT2D eigenvalue weighted by molar-refractivity contribution is -0.140. The molecule has 202 valence electrons. The highest BCUT2D eigenvalue weighted by Crippen LogP contribution is 2.28. The van der Waals surface area contributed by atoms with Crippen molar-refractivity contribution in [2.75, 3.05) is 17.1 Å². The number of benzene rings is 2. The van der Waals surface area contributed by atoms with Crippen molar-refractivity contribution >= 4 is 62.3 Å². The summed E-state index contributed by atoms with van der Waals surface area (Å²) in [6.07, 6.45) is 6.45. The monoisotopic (exact) mass is 587 g/mol. The van der Waals surface area contributed by atoms with Gasteiger partial charge in [-0.3, -0.25) is 13.9 Å². The zero-order valence-corrected chi connectivity index (χ0v) is 24.0. The minimum atomic E-state index is -3.88. The summed E-state index contributed by atoms with van der Waals surface area (Å²) in [5.74, 6) is -0.768. The third kappa shape index (κ3) is 8.50. The highest BCUT2D eigenvalue weighted by Gasteiger charge is 2.33. The number of nitrogens with one attached hydrogen (secondary N) is 1. The van der Waals surface area contributed by atoms with Crippen molar-refractivity contribution in [3.8, 4) is 0 Å². The second-order valence-electron chi connectivity index (χ2n) is 9.31. The Hall–Kier alpha value is -2.00. The summed E-state index contributed by atoms with van der Waals surface area (Å²) >= 11 is 18.2. The van der Waals surface area contributed by atoms with Crippen molar-refractivity contribution in [2.24, 2.45) is 0 Å². The van der Waals surface area contributed by atoms with E-state index in [9.17, 15) is 18.0 Å². The number of anilines is 1. The van der Waals surface area contributed by atoms with Crippen LogP contribution < -0.4 is 9.62 Å². The third-order valence-corrected chi connectivity index (χ3v) is 8.25. The van der Waals surface area contributed by atoms with Crippen molar-refractivity contribution in [1.29, 1.82) is 0 Å². The average molecular weight is 589 g/mol. The number of carbonyl (C=O) groups excluding carboxylic acids is 2. The zero-order chi connectivity index (χ0) is 27.2. The van der Waals surface area contributed by atoms with Gasteiger partial charge in [0.25, 0.3) is 0 Å². The lowest BCUT2D eigenvalue weighted by Crippen LogP contribution is -2.53. The molecule has 1 atom stereocenters. The smallest absolute Gasteiger partial charge is 0.244 e. The van der Waals surface area contributed by atoms with Gasteiger partial charge < -0.3 is 10.2 Å². The van der Waals surface area contributed by atoms with Gasteiger partial charge in [0, 0.05) is 27.7 Å². The fourth-order valence-electron chi connectivity index (χ4n) is 4.55. The van der Waals surface area contributed by atoms with Gasteiger partial charge in [-0.25, -0.2) is 8.42 Å². The highest BCUT2D eigenvalue weighted by molar-refractivity contribution is 7.92. The lowest BCUT2D eigenvalue weighted by Gasteiger charge is -2.34. The molecule has 37 heavy (non-hydrogen) atoms. The quantitative estimate of drug-likeness (QED) is 0.388. The van der Waals surface area contributed by atoms with Gasteiger partial charge >= 0.3 is 0 Å². The molecule has 1 unspecified atom stereocenters. The largest absolute Gasteiger partial charge is 0.352 e. The molecule has 0 radical (unpaired) electrons. The number of halogens is 3. The maximum atomic E-state index is 13.8. The fraction of sp³-hybridized carbons (Fsp3) is 0.462. The molecule has 0 aromatic heterocycles. The van der Waals surface area contributed by atoms with E-state index in [0.717, 1.165) is 48.2 Å². The summed E-state index contributed by atoms with van der Waals surface area (Å²) in [7, 11) is -3.88. The summed E-state index contributed by atoms with van der Waals surface area (Å²) in [5.41, 5.74) is 0.929. The Morgan fingerprint density at radius 1 is 0.973 bits per heavy atom. The van der Waals surface area contributed by atoms with E-state index in [4.69, 9.17) is 34.8 Å². The molecule has 1 aliphatic rings. The van der Waals surface area contributed by atoms with E-state index in [1.807, 2.05) is 6.92 Å². The normalized spacial score (nSPS) is 15.2. The first-order valence-corrected chi connectivity index (χ1v) is 15.2. The SMILES string of the molecule is CCC(C(=O)NC1CCCCC1)N(Cc1ccc(Cl)cc1)C(=O)CN(c1cc(Cl)cc(Cl)c1)S(C)(=O)=O. The molecule has 7 nitrogen and oxygen atoms in total. The van der Waals surface area contributed by atoms with Gasteiger partial charge in [-0.1, -0.05) is 73.1 Å². The fourth-order valence-corrected chi connectivity index (χ4v) is 6.02. The average Bonchev–Trinajstić information content (AvgIpc) is 2.82. The second kappa shape index (κ2) is 13.2. The van der Waals surface area contributed by atoms with E-state index in [2.05, 4.69) is 5.32 Å². The van der Waals surface area contributed by atoms with Gasteiger partial charge in [-0.2, -0.15) is 0 Å². The number of nitrogens with zero attached hydrogens (tertiary/aromatic N) is 2. The van der Waals surface area contributed by atoms with Crippen LogP contribution in [0.25, 0.3) is 0 Å². The Balaban J connectivity index is 1.92. The van der Waals surface area contributed by atoms with Crippen LogP contribution in [-0.4, -0.2) is 50.0 Å². The minimum absolute atomic E-state index is 0.0731. The second-order valence-corrected chi connectivity index (χ2v) is 12.5. The summed E-state index contributed by atoms with van der Waals surface area (Å²) < 4.78 is 26.4. The predicted octanol–water partition coefficient (Wildman–Crippen LogP) is 5.67. The molecular weight excluding hydrogens is 557 g/mol. The van der Waals surface area contributed by atoms with Crippen LogP contribution >= 0.6 is 34.8 Å². The molecular formula is C26H32Cl3N3O4S. The maximum absolute atomic E-state index is 13.8. The predicted molar refractivity (Wildman–Crippen MR) is 150 cm³/mol. The molecule has 0 aliphatic heterocycles. The van der Waals surface area contributed by atoms with E-state index in [0.29, 0.717) is 11.4 Å². The van der Waals surface area contributed by atoms with Gasteiger partial charge in [-0.05, 0) is 55.2 Å². The molecule has 0 heterocycles. The maximum Gasteiger partial charge on any atom is 0.244 e. The molecule has 3 rings (SSSR count). The first-order chi connectivity index (χ1) is 17.5. The van der Waals surface area contributed by atoms with Crippen molar-refractivity contribution < 1.29 is 18.0 Å². The zero-order valence-electron chi connectivity index (χ0n) is 20.9. The van der Waals surface area contributed by atoms with Crippen LogP contribution in [0.1, 0.15) is 51.0 Å². The molecule has 1 saturated carbocycles. The highest BCUT2D eigenvalue weighted by atomic mass is 35.5. The van der Waals surface area contributed by atoms with Crippen LogP contribution in [0.3, 0.4) is 0 Å². The van der Waals surface area contributed by atoms with Crippen LogP contribution in [0.2, 0.25) is 15.1 Å². The van der Waals surface area contributed by atoms with E-state index in [1.165, 1.54) is 23.1 Å². The van der Waals surface area contributed by atoms with E-state index >= 15 is 0 Å². The number of sulfonamides is 1. The van der Waals surface area contributed by atoms with Gasteiger partial charge in [0.05, 0.1) is 11.9 Å². The topological polar surface area (TPSA) is 86.8 Å².